The van der Waals surface area contributed by atoms with Crippen molar-refractivity contribution in [3.8, 4) is 11.4 Å². The number of ether oxygens (including phenoxy) is 1. The molecule has 2 aliphatic rings. The highest BCUT2D eigenvalue weighted by Crippen LogP contribution is 2.34. The fourth-order valence-corrected chi connectivity index (χ4v) is 5.55. The minimum absolute atomic E-state index is 0.0398. The van der Waals surface area contributed by atoms with Crippen LogP contribution in [0.25, 0.3) is 16.9 Å². The van der Waals surface area contributed by atoms with Crippen LogP contribution in [-0.4, -0.2) is 95.9 Å². The number of urea groups is 1. The second kappa shape index (κ2) is 12.4. The molecule has 2 aromatic carbocycles. The zero-order valence-corrected chi connectivity index (χ0v) is 24.8. The molecular weight excluding hydrogens is 589 g/mol. The Labute approximate surface area is 257 Å². The van der Waals surface area contributed by atoms with E-state index in [1.54, 1.807) is 48.5 Å². The molecule has 2 aromatic heterocycles. The number of rotatable bonds is 6. The van der Waals surface area contributed by atoms with E-state index < -0.39 is 17.9 Å². The number of hydrogen-bond acceptors (Lipinski definition) is 7. The maximum absolute atomic E-state index is 13.8. The van der Waals surface area contributed by atoms with Crippen LogP contribution in [0.1, 0.15) is 22.5 Å². The van der Waals surface area contributed by atoms with E-state index >= 15 is 0 Å². The molecule has 6 rings (SSSR count). The van der Waals surface area contributed by atoms with Crippen molar-refractivity contribution in [3.05, 3.63) is 71.9 Å². The predicted octanol–water partition coefficient (Wildman–Crippen LogP) is 4.67. The Bertz CT molecular complexity index is 1680. The Morgan fingerprint density at radius 3 is 2.16 bits per heavy atom. The predicted molar refractivity (Wildman–Crippen MR) is 164 cm³/mol. The normalized spacial score (nSPS) is 17.2. The Kier molecular flexibility index (Phi) is 8.34. The molecule has 1 atom stereocenters. The van der Waals surface area contributed by atoms with Crippen molar-refractivity contribution < 1.29 is 27.5 Å². The van der Waals surface area contributed by atoms with Gasteiger partial charge in [-0.05, 0) is 81.2 Å². The number of benzene rings is 2. The van der Waals surface area contributed by atoms with Gasteiger partial charge < -0.3 is 30.1 Å². The molecule has 0 saturated carbocycles. The van der Waals surface area contributed by atoms with Gasteiger partial charge in [-0.2, -0.15) is 13.2 Å². The van der Waals surface area contributed by atoms with Gasteiger partial charge >= 0.3 is 12.2 Å². The fourth-order valence-electron chi connectivity index (χ4n) is 5.55. The number of carbonyl (C=O) groups excluding carboxylic acids is 2. The second-order valence-corrected chi connectivity index (χ2v) is 11.3. The molecule has 3 amide bonds. The SMILES string of the molecule is CN(C)[C@H]1CCN(C(=O)c2ccc(NC(=O)Nc3ccc(-c4nc(N5CCOCC5)c5ccc(C(F)(F)F)n5n4)cc3)cc2)C1. The van der Waals surface area contributed by atoms with E-state index in [0.29, 0.717) is 73.8 Å². The van der Waals surface area contributed by atoms with E-state index in [1.165, 1.54) is 6.07 Å². The summed E-state index contributed by atoms with van der Waals surface area (Å²) < 4.78 is 47.6. The fraction of sp³-hybridized carbons (Fsp3) is 0.355. The number of nitrogens with one attached hydrogen (secondary N) is 2. The summed E-state index contributed by atoms with van der Waals surface area (Å²) in [4.78, 5) is 36.0. The lowest BCUT2D eigenvalue weighted by molar-refractivity contribution is -0.142. The molecule has 14 heteroatoms. The van der Waals surface area contributed by atoms with Crippen molar-refractivity contribution in [2.24, 2.45) is 0 Å². The van der Waals surface area contributed by atoms with Crippen molar-refractivity contribution in [3.63, 3.8) is 0 Å². The van der Waals surface area contributed by atoms with Gasteiger partial charge in [0, 0.05) is 54.7 Å². The number of alkyl halides is 3. The quantitative estimate of drug-likeness (QED) is 0.322. The lowest BCUT2D eigenvalue weighted by Gasteiger charge is -2.28. The first-order chi connectivity index (χ1) is 21.6. The van der Waals surface area contributed by atoms with E-state index in [9.17, 15) is 22.8 Å². The smallest absolute Gasteiger partial charge is 0.378 e. The van der Waals surface area contributed by atoms with Crippen LogP contribution in [0.5, 0.6) is 0 Å². The first-order valence-electron chi connectivity index (χ1n) is 14.6. The van der Waals surface area contributed by atoms with Crippen molar-refractivity contribution in [2.45, 2.75) is 18.6 Å². The molecule has 2 fully saturated rings. The third-order valence-corrected chi connectivity index (χ3v) is 8.06. The molecule has 2 N–H and O–H groups in total. The first-order valence-corrected chi connectivity index (χ1v) is 14.6. The summed E-state index contributed by atoms with van der Waals surface area (Å²) in [5.41, 5.74) is 1.37. The van der Waals surface area contributed by atoms with E-state index in [0.717, 1.165) is 17.0 Å². The lowest BCUT2D eigenvalue weighted by atomic mass is 10.2. The molecule has 0 aliphatic carbocycles. The summed E-state index contributed by atoms with van der Waals surface area (Å²) in [6, 6.07) is 15.5. The van der Waals surface area contributed by atoms with Gasteiger partial charge in [-0.1, -0.05) is 0 Å². The Morgan fingerprint density at radius 1 is 0.911 bits per heavy atom. The molecule has 2 aliphatic heterocycles. The highest BCUT2D eigenvalue weighted by atomic mass is 19.4. The highest BCUT2D eigenvalue weighted by Gasteiger charge is 2.36. The van der Waals surface area contributed by atoms with Gasteiger partial charge in [0.2, 0.25) is 0 Å². The van der Waals surface area contributed by atoms with E-state index in [-0.39, 0.29) is 17.2 Å². The van der Waals surface area contributed by atoms with Gasteiger partial charge in [-0.25, -0.2) is 14.3 Å². The number of morpholine rings is 1. The van der Waals surface area contributed by atoms with Crippen LogP contribution in [0.4, 0.5) is 35.2 Å². The zero-order chi connectivity index (χ0) is 31.7. The number of amides is 3. The molecule has 11 nitrogen and oxygen atoms in total. The topological polar surface area (TPSA) is 107 Å². The van der Waals surface area contributed by atoms with Crippen LogP contribution < -0.4 is 15.5 Å². The van der Waals surface area contributed by atoms with E-state index in [2.05, 4.69) is 25.6 Å². The number of likely N-dealkylation sites (tertiary alicyclic amines) is 1. The number of hydrogen-bond donors (Lipinski definition) is 2. The van der Waals surface area contributed by atoms with Crippen LogP contribution in [0.3, 0.4) is 0 Å². The van der Waals surface area contributed by atoms with Crippen LogP contribution in [0.2, 0.25) is 0 Å². The van der Waals surface area contributed by atoms with Crippen molar-refractivity contribution in [1.29, 1.82) is 0 Å². The number of carbonyl (C=O) groups is 2. The van der Waals surface area contributed by atoms with Crippen molar-refractivity contribution >= 4 is 34.6 Å². The summed E-state index contributed by atoms with van der Waals surface area (Å²) in [6.07, 6.45) is -3.66. The van der Waals surface area contributed by atoms with Gasteiger partial charge in [-0.15, -0.1) is 5.10 Å². The van der Waals surface area contributed by atoms with Gasteiger partial charge in [0.15, 0.2) is 11.6 Å². The van der Waals surface area contributed by atoms with E-state index in [4.69, 9.17) is 4.74 Å². The van der Waals surface area contributed by atoms with Crippen molar-refractivity contribution in [1.82, 2.24) is 24.4 Å². The molecule has 0 spiro atoms. The number of fused-ring (bicyclic) bond motifs is 1. The molecular formula is C31H33F3N8O3. The molecule has 236 valence electrons. The monoisotopic (exact) mass is 622 g/mol. The van der Waals surface area contributed by atoms with Crippen LogP contribution in [0, 0.1) is 0 Å². The largest absolute Gasteiger partial charge is 0.433 e. The van der Waals surface area contributed by atoms with Gasteiger partial charge in [0.05, 0.1) is 13.2 Å². The minimum Gasteiger partial charge on any atom is -0.378 e. The molecule has 2 saturated heterocycles. The zero-order valence-electron chi connectivity index (χ0n) is 24.8. The molecule has 45 heavy (non-hydrogen) atoms. The molecule has 0 radical (unpaired) electrons. The summed E-state index contributed by atoms with van der Waals surface area (Å²) >= 11 is 0. The summed E-state index contributed by atoms with van der Waals surface area (Å²) in [5.74, 6) is 0.468. The number of aromatic nitrogens is 3. The lowest BCUT2D eigenvalue weighted by Crippen LogP contribution is -2.37. The number of likely N-dealkylation sites (N-methyl/N-ethyl adjacent to an activating group) is 1. The van der Waals surface area contributed by atoms with Gasteiger partial charge in [0.25, 0.3) is 5.91 Å². The summed E-state index contributed by atoms with van der Waals surface area (Å²) in [5, 5.41) is 9.71. The standard InChI is InChI=1S/C31H33F3N8O3/c1-39(2)24-13-14-41(19-24)29(43)21-5-9-23(10-6-21)36-30(44)35-22-7-3-20(4-8-22)27-37-28(40-15-17-45-18-16-40)25-11-12-26(31(32,33)34)42(25)38-27/h3-12,24H,13-19H2,1-2H3,(H2,35,36,44)/t24-/m0/s1. The number of nitrogens with zero attached hydrogens (tertiary/aromatic N) is 6. The van der Waals surface area contributed by atoms with E-state index in [1.807, 2.05) is 23.9 Å². The molecule has 0 bridgehead atoms. The minimum atomic E-state index is -4.60. The van der Waals surface area contributed by atoms with Crippen LogP contribution >= 0.6 is 0 Å². The third kappa shape index (κ3) is 6.56. The third-order valence-electron chi connectivity index (χ3n) is 8.06. The maximum Gasteiger partial charge on any atom is 0.433 e. The number of halogens is 3. The average Bonchev–Trinajstić information content (AvgIpc) is 3.70. The number of anilines is 3. The average molecular weight is 623 g/mol. The van der Waals surface area contributed by atoms with Gasteiger partial charge in [-0.3, -0.25) is 4.79 Å². The molecule has 4 aromatic rings. The molecule has 4 heterocycles. The molecule has 0 unspecified atom stereocenters. The second-order valence-electron chi connectivity index (χ2n) is 11.3. The Balaban J connectivity index is 1.13. The Hall–Kier alpha value is -4.69. The van der Waals surface area contributed by atoms with Crippen LogP contribution in [0.15, 0.2) is 60.7 Å². The highest BCUT2D eigenvalue weighted by molar-refractivity contribution is 6.00. The maximum atomic E-state index is 13.8. The first kappa shape index (κ1) is 30.3. The van der Waals surface area contributed by atoms with Crippen molar-refractivity contribution in [2.75, 3.05) is 69.0 Å². The Morgan fingerprint density at radius 2 is 1.56 bits per heavy atom. The summed E-state index contributed by atoms with van der Waals surface area (Å²) in [7, 11) is 4.02. The summed E-state index contributed by atoms with van der Waals surface area (Å²) in [6.45, 7) is 3.26. The van der Waals surface area contributed by atoms with Crippen LogP contribution in [-0.2, 0) is 10.9 Å². The van der Waals surface area contributed by atoms with Gasteiger partial charge in [0.1, 0.15) is 11.2 Å².